The monoisotopic (exact) mass is 323 g/mol. The van der Waals surface area contributed by atoms with Crippen LogP contribution in [0.25, 0.3) is 6.08 Å². The molecule has 122 valence electrons. The van der Waals surface area contributed by atoms with Gasteiger partial charge >= 0.3 is 7.60 Å². The Morgan fingerprint density at radius 1 is 1.18 bits per heavy atom. The van der Waals surface area contributed by atoms with E-state index in [4.69, 9.17) is 9.05 Å². The highest BCUT2D eigenvalue weighted by molar-refractivity contribution is 7.62. The molecule has 2 heterocycles. The Kier molecular flexibility index (Phi) is 4.91. The van der Waals surface area contributed by atoms with Crippen molar-refractivity contribution >= 4 is 19.0 Å². The van der Waals surface area contributed by atoms with Gasteiger partial charge in [-0.25, -0.2) is 0 Å². The van der Waals surface area contributed by atoms with Crippen molar-refractivity contribution in [3.8, 4) is 0 Å². The summed E-state index contributed by atoms with van der Waals surface area (Å²) in [6.45, 7) is 5.40. The number of aromatic nitrogens is 1. The van der Waals surface area contributed by atoms with Crippen LogP contribution < -0.4 is 5.30 Å². The van der Waals surface area contributed by atoms with Crippen molar-refractivity contribution in [2.24, 2.45) is 0 Å². The summed E-state index contributed by atoms with van der Waals surface area (Å²) in [5, 5.41) is 0.808. The van der Waals surface area contributed by atoms with Crippen molar-refractivity contribution in [1.29, 1.82) is 0 Å². The summed E-state index contributed by atoms with van der Waals surface area (Å²) in [4.78, 5) is 0. The van der Waals surface area contributed by atoms with Gasteiger partial charge < -0.3 is 13.6 Å². The normalized spacial score (nSPS) is 18.8. The largest absolute Gasteiger partial charge is 0.363 e. The van der Waals surface area contributed by atoms with E-state index >= 15 is 0 Å². The van der Waals surface area contributed by atoms with Crippen molar-refractivity contribution in [2.45, 2.75) is 58.4 Å². The van der Waals surface area contributed by atoms with Gasteiger partial charge in [-0.05, 0) is 44.2 Å². The smallest absolute Gasteiger partial charge is 0.343 e. The Morgan fingerprint density at radius 2 is 1.86 bits per heavy atom. The summed E-state index contributed by atoms with van der Waals surface area (Å²) in [5.74, 6) is 0.483. The second-order valence-corrected chi connectivity index (χ2v) is 8.03. The highest BCUT2D eigenvalue weighted by Gasteiger charge is 2.36. The lowest BCUT2D eigenvalue weighted by molar-refractivity contribution is 0.229. The standard InChI is InChI=1S/C17H26NO3P/c1-3-20-22(19,21-4-2)16-13-18-12-8-11-15(18)17(16)14-9-6-5-7-10-14/h8,11,13-14H,3-7,9-10,12H2,1-2H3. The van der Waals surface area contributed by atoms with Crippen LogP contribution in [-0.4, -0.2) is 17.8 Å². The molecule has 0 spiro atoms. The van der Waals surface area contributed by atoms with Crippen LogP contribution in [0.3, 0.4) is 0 Å². The van der Waals surface area contributed by atoms with Gasteiger partial charge in [-0.15, -0.1) is 0 Å². The minimum Gasteiger partial charge on any atom is -0.343 e. The van der Waals surface area contributed by atoms with Crippen LogP contribution in [0.2, 0.25) is 0 Å². The fraction of sp³-hybridized carbons (Fsp3) is 0.647. The Hall–Kier alpha value is -0.830. The second kappa shape index (κ2) is 6.74. The van der Waals surface area contributed by atoms with E-state index < -0.39 is 7.60 Å². The minimum atomic E-state index is -3.22. The van der Waals surface area contributed by atoms with Gasteiger partial charge in [-0.3, -0.25) is 4.57 Å². The zero-order valence-corrected chi connectivity index (χ0v) is 14.5. The first-order valence-electron chi connectivity index (χ1n) is 8.49. The van der Waals surface area contributed by atoms with Gasteiger partial charge in [-0.2, -0.15) is 0 Å². The molecule has 5 heteroatoms. The average molecular weight is 323 g/mol. The average Bonchev–Trinajstić information content (AvgIpc) is 3.09. The van der Waals surface area contributed by atoms with Gasteiger partial charge in [0.05, 0.1) is 18.5 Å². The maximum absolute atomic E-state index is 13.3. The zero-order valence-electron chi connectivity index (χ0n) is 13.6. The van der Waals surface area contributed by atoms with Crippen LogP contribution in [0.5, 0.6) is 0 Å². The van der Waals surface area contributed by atoms with Crippen molar-refractivity contribution in [3.05, 3.63) is 23.5 Å². The molecule has 0 bridgehead atoms. The molecule has 22 heavy (non-hydrogen) atoms. The van der Waals surface area contributed by atoms with E-state index in [1.165, 1.54) is 43.4 Å². The third kappa shape index (κ3) is 2.84. The van der Waals surface area contributed by atoms with Crippen LogP contribution in [0.15, 0.2) is 12.3 Å². The molecule has 1 saturated carbocycles. The summed E-state index contributed by atoms with van der Waals surface area (Å²) < 4.78 is 26.7. The van der Waals surface area contributed by atoms with Crippen LogP contribution in [0, 0.1) is 0 Å². The maximum atomic E-state index is 13.3. The van der Waals surface area contributed by atoms with Crippen LogP contribution in [-0.2, 0) is 20.2 Å². The molecule has 4 nitrogen and oxygen atoms in total. The summed E-state index contributed by atoms with van der Waals surface area (Å²) in [6, 6.07) is 0. The molecule has 0 amide bonds. The third-order valence-corrected chi connectivity index (χ3v) is 6.77. The van der Waals surface area contributed by atoms with Crippen LogP contribution >= 0.6 is 7.60 Å². The van der Waals surface area contributed by atoms with Crippen LogP contribution in [0.1, 0.15) is 63.1 Å². The van der Waals surface area contributed by atoms with Crippen LogP contribution in [0.4, 0.5) is 0 Å². The summed E-state index contributed by atoms with van der Waals surface area (Å²) in [5.41, 5.74) is 2.43. The van der Waals surface area contributed by atoms with E-state index in [1.54, 1.807) is 0 Å². The Bertz CT molecular complexity index is 589. The molecular formula is C17H26NO3P. The molecule has 1 aromatic heterocycles. The molecule has 0 unspecified atom stereocenters. The lowest BCUT2D eigenvalue weighted by Gasteiger charge is -2.25. The molecule has 0 radical (unpaired) electrons. The third-order valence-electron chi connectivity index (χ3n) is 4.62. The summed E-state index contributed by atoms with van der Waals surface area (Å²) >= 11 is 0. The first-order chi connectivity index (χ1) is 10.7. The topological polar surface area (TPSA) is 40.5 Å². The quantitative estimate of drug-likeness (QED) is 0.726. The molecule has 0 N–H and O–H groups in total. The Balaban J connectivity index is 2.06. The van der Waals surface area contributed by atoms with Gasteiger partial charge in [0, 0.05) is 18.4 Å². The maximum Gasteiger partial charge on any atom is 0.363 e. The van der Waals surface area contributed by atoms with Gasteiger partial charge in [0.1, 0.15) is 0 Å². The number of fused-ring (bicyclic) bond motifs is 1. The first kappa shape index (κ1) is 16.0. The molecule has 1 fully saturated rings. The second-order valence-electron chi connectivity index (χ2n) is 6.04. The molecular weight excluding hydrogens is 297 g/mol. The Labute approximate surface area is 133 Å². The predicted molar refractivity (Wildman–Crippen MR) is 89.8 cm³/mol. The molecule has 1 aliphatic carbocycles. The SMILES string of the molecule is CCOP(=O)(OCC)c1cn2c(c1C1CCCCC1)C=CC2. The van der Waals surface area contributed by atoms with Gasteiger partial charge in [0.2, 0.25) is 0 Å². The van der Waals surface area contributed by atoms with E-state index in [2.05, 4.69) is 16.7 Å². The van der Waals surface area contributed by atoms with Crippen molar-refractivity contribution in [3.63, 3.8) is 0 Å². The van der Waals surface area contributed by atoms with Gasteiger partial charge in [0.15, 0.2) is 0 Å². The predicted octanol–water partition coefficient (Wildman–Crippen LogP) is 4.45. The number of rotatable bonds is 6. The molecule has 1 aliphatic heterocycles. The Morgan fingerprint density at radius 3 is 2.50 bits per heavy atom. The number of hydrogen-bond donors (Lipinski definition) is 0. The highest BCUT2D eigenvalue weighted by atomic mass is 31.2. The first-order valence-corrected chi connectivity index (χ1v) is 10.0. The fourth-order valence-corrected chi connectivity index (χ4v) is 5.64. The van der Waals surface area contributed by atoms with E-state index in [1.807, 2.05) is 20.0 Å². The van der Waals surface area contributed by atoms with Crippen molar-refractivity contribution < 1.29 is 13.6 Å². The lowest BCUT2D eigenvalue weighted by Crippen LogP contribution is -2.18. The van der Waals surface area contributed by atoms with E-state index in [0.717, 1.165) is 11.8 Å². The number of allylic oxidation sites excluding steroid dienone is 1. The molecule has 1 aromatic rings. The molecule has 3 rings (SSSR count). The molecule has 0 saturated heterocycles. The van der Waals surface area contributed by atoms with E-state index in [0.29, 0.717) is 19.1 Å². The summed E-state index contributed by atoms with van der Waals surface area (Å²) in [6.07, 6.45) is 12.5. The highest BCUT2D eigenvalue weighted by Crippen LogP contribution is 2.51. The molecule has 0 aromatic carbocycles. The zero-order chi connectivity index (χ0) is 15.6. The molecule has 0 atom stereocenters. The minimum absolute atomic E-state index is 0.401. The lowest BCUT2D eigenvalue weighted by atomic mass is 9.84. The number of nitrogens with zero attached hydrogens (tertiary/aromatic N) is 1. The fourth-order valence-electron chi connectivity index (χ4n) is 3.73. The van der Waals surface area contributed by atoms with Gasteiger partial charge in [-0.1, -0.05) is 25.3 Å². The van der Waals surface area contributed by atoms with E-state index in [-0.39, 0.29) is 0 Å². The van der Waals surface area contributed by atoms with Crippen molar-refractivity contribution in [2.75, 3.05) is 13.2 Å². The van der Waals surface area contributed by atoms with Gasteiger partial charge in [0.25, 0.3) is 0 Å². The van der Waals surface area contributed by atoms with Crippen molar-refractivity contribution in [1.82, 2.24) is 4.57 Å². The summed E-state index contributed by atoms with van der Waals surface area (Å²) in [7, 11) is -3.22. The van der Waals surface area contributed by atoms with E-state index in [9.17, 15) is 4.57 Å². The number of hydrogen-bond acceptors (Lipinski definition) is 3. The molecule has 2 aliphatic rings.